The number of aliphatic hydroxyl groups is 8. The van der Waals surface area contributed by atoms with Crippen LogP contribution in [0.15, 0.2) is 72.9 Å². The van der Waals surface area contributed by atoms with E-state index in [4.69, 9.17) is 18.9 Å². The molecular weight excluding hydrogens is 967 g/mol. The molecule has 2 rings (SSSR count). The molecule has 0 aliphatic carbocycles. The van der Waals surface area contributed by atoms with Gasteiger partial charge in [-0.25, -0.2) is 0 Å². The van der Waals surface area contributed by atoms with Crippen molar-refractivity contribution in [1.29, 1.82) is 0 Å². The van der Waals surface area contributed by atoms with Gasteiger partial charge in [0.15, 0.2) is 12.6 Å². The van der Waals surface area contributed by atoms with Crippen LogP contribution in [-0.4, -0.2) is 140 Å². The fraction of sp³-hybridized carbons (Fsp3) is 0.790. The maximum absolute atomic E-state index is 13.2. The number of hydrogen-bond acceptors (Lipinski definition) is 13. The Kier molecular flexibility index (Phi) is 43.2. The van der Waals surface area contributed by atoms with Crippen molar-refractivity contribution in [3.63, 3.8) is 0 Å². The van der Waals surface area contributed by atoms with Gasteiger partial charge in [0.1, 0.15) is 48.8 Å². The van der Waals surface area contributed by atoms with Crippen LogP contribution in [-0.2, 0) is 23.7 Å². The van der Waals surface area contributed by atoms with Gasteiger partial charge in [-0.2, -0.15) is 0 Å². The second-order valence-corrected chi connectivity index (χ2v) is 21.1. The molecule has 14 heteroatoms. The summed E-state index contributed by atoms with van der Waals surface area (Å²) >= 11 is 0. The minimum atomic E-state index is -1.79. The minimum Gasteiger partial charge on any atom is -0.394 e. The summed E-state index contributed by atoms with van der Waals surface area (Å²) in [5.74, 6) is -0.251. The van der Waals surface area contributed by atoms with Crippen LogP contribution in [0.3, 0.4) is 0 Å². The Labute approximate surface area is 459 Å². The van der Waals surface area contributed by atoms with Crippen molar-refractivity contribution in [1.82, 2.24) is 5.32 Å². The van der Waals surface area contributed by atoms with E-state index < -0.39 is 86.8 Å². The topological polar surface area (TPSA) is 228 Å². The molecule has 76 heavy (non-hydrogen) atoms. The molecule has 2 fully saturated rings. The van der Waals surface area contributed by atoms with Crippen molar-refractivity contribution in [2.45, 2.75) is 293 Å². The van der Waals surface area contributed by atoms with Gasteiger partial charge in [-0.1, -0.05) is 215 Å². The number of carbonyl (C=O) groups excluding carboxylic acids is 1. The maximum atomic E-state index is 13.2. The van der Waals surface area contributed by atoms with E-state index in [1.807, 2.05) is 6.08 Å². The Morgan fingerprint density at radius 3 is 1.45 bits per heavy atom. The fourth-order valence-electron chi connectivity index (χ4n) is 9.53. The molecule has 2 heterocycles. The van der Waals surface area contributed by atoms with Crippen molar-refractivity contribution < 1.29 is 64.6 Å². The van der Waals surface area contributed by atoms with Crippen molar-refractivity contribution >= 4 is 5.91 Å². The van der Waals surface area contributed by atoms with Crippen molar-refractivity contribution in [3.8, 4) is 0 Å². The summed E-state index contributed by atoms with van der Waals surface area (Å²) in [4.78, 5) is 13.2. The molecule has 440 valence electrons. The molecular formula is C62H109NO13. The van der Waals surface area contributed by atoms with Gasteiger partial charge in [0, 0.05) is 6.42 Å². The SMILES string of the molecule is CC/C=C\C/C=C\C/C=C\C/C=C\CCCCCCCCCCCCCCCCCCCCC(=O)NC(COC1OC(CO)C(OC2OC(CO)C(O)C(O)C2O)C(O)C1O)C(O)/C=C/CC/C=C/CCCCCCC. The van der Waals surface area contributed by atoms with E-state index in [-0.39, 0.29) is 18.9 Å². The zero-order chi connectivity index (χ0) is 55.3. The molecule has 0 aromatic heterocycles. The number of nitrogens with one attached hydrogen (secondary N) is 1. The number of unbranched alkanes of at least 4 members (excludes halogenated alkanes) is 24. The molecule has 1 amide bonds. The standard InChI is InChI=1S/C62H109NO13/c1-3-5-7-9-11-13-15-16-17-18-19-20-21-22-23-24-25-26-27-28-29-30-31-32-33-34-36-38-40-42-44-46-54(67)63-50(51(66)45-43-41-39-37-35-14-12-10-8-6-4-2)49-73-61-59(72)57(70)60(53(48-65)75-61)76-62-58(71)56(69)55(68)52(47-64)74-62/h5,7,11,13,16-17,19-20,35,37,43,45,50-53,55-62,64-66,68-72H,3-4,6,8-10,12,14-15,18,21-34,36,38-42,44,46-49H2,1-2H3,(H,63,67)/b7-5-,13-11-,17-16-,20-19-,37-35+,45-43+. The number of hydrogen-bond donors (Lipinski definition) is 9. The van der Waals surface area contributed by atoms with Gasteiger partial charge in [0.05, 0.1) is 32.0 Å². The third-order valence-corrected chi connectivity index (χ3v) is 14.4. The molecule has 0 radical (unpaired) electrons. The molecule has 0 saturated carbocycles. The zero-order valence-electron chi connectivity index (χ0n) is 47.2. The van der Waals surface area contributed by atoms with E-state index in [0.29, 0.717) is 12.8 Å². The van der Waals surface area contributed by atoms with E-state index in [1.54, 1.807) is 6.08 Å². The first-order valence-corrected chi connectivity index (χ1v) is 30.2. The predicted molar refractivity (Wildman–Crippen MR) is 304 cm³/mol. The second-order valence-electron chi connectivity index (χ2n) is 21.1. The van der Waals surface area contributed by atoms with Crippen molar-refractivity contribution in [3.05, 3.63) is 72.9 Å². The lowest BCUT2D eigenvalue weighted by atomic mass is 9.97. The van der Waals surface area contributed by atoms with Crippen LogP contribution < -0.4 is 5.32 Å². The number of ether oxygens (including phenoxy) is 4. The lowest BCUT2D eigenvalue weighted by Crippen LogP contribution is -2.65. The van der Waals surface area contributed by atoms with Crippen LogP contribution >= 0.6 is 0 Å². The van der Waals surface area contributed by atoms with Gasteiger partial charge in [0.25, 0.3) is 0 Å². The Morgan fingerprint density at radius 1 is 0.487 bits per heavy atom. The first kappa shape index (κ1) is 69.5. The second kappa shape index (κ2) is 47.3. The first-order valence-electron chi connectivity index (χ1n) is 30.2. The number of rotatable bonds is 47. The van der Waals surface area contributed by atoms with Crippen molar-refractivity contribution in [2.24, 2.45) is 0 Å². The number of allylic oxidation sites excluding steroid dienone is 11. The molecule has 0 aromatic carbocycles. The summed E-state index contributed by atoms with van der Waals surface area (Å²) in [6.45, 7) is 2.63. The lowest BCUT2D eigenvalue weighted by Gasteiger charge is -2.46. The van der Waals surface area contributed by atoms with Crippen LogP contribution in [0.4, 0.5) is 0 Å². The van der Waals surface area contributed by atoms with E-state index in [1.165, 1.54) is 128 Å². The Bertz CT molecular complexity index is 1550. The highest BCUT2D eigenvalue weighted by Crippen LogP contribution is 2.30. The van der Waals surface area contributed by atoms with E-state index >= 15 is 0 Å². The van der Waals surface area contributed by atoms with E-state index in [9.17, 15) is 45.6 Å². The minimum absolute atomic E-state index is 0.251. The summed E-state index contributed by atoms with van der Waals surface area (Å²) in [6.07, 6.45) is 45.4. The quantitative estimate of drug-likeness (QED) is 0.0204. The summed E-state index contributed by atoms with van der Waals surface area (Å²) in [7, 11) is 0. The van der Waals surface area contributed by atoms with Gasteiger partial charge in [0.2, 0.25) is 5.91 Å². The summed E-state index contributed by atoms with van der Waals surface area (Å²) in [5, 5.41) is 86.9. The molecule has 2 aliphatic heterocycles. The largest absolute Gasteiger partial charge is 0.394 e. The first-order chi connectivity index (χ1) is 37.1. The summed E-state index contributed by atoms with van der Waals surface area (Å²) < 4.78 is 22.7. The van der Waals surface area contributed by atoms with Gasteiger partial charge >= 0.3 is 0 Å². The highest BCUT2D eigenvalue weighted by Gasteiger charge is 2.51. The van der Waals surface area contributed by atoms with Crippen LogP contribution in [0.5, 0.6) is 0 Å². The molecule has 0 aromatic rings. The average Bonchev–Trinajstić information content (AvgIpc) is 3.42. The molecule has 0 bridgehead atoms. The molecule has 9 N–H and O–H groups in total. The van der Waals surface area contributed by atoms with Gasteiger partial charge in [-0.15, -0.1) is 0 Å². The normalized spacial score (nSPS) is 25.4. The molecule has 14 nitrogen and oxygen atoms in total. The van der Waals surface area contributed by atoms with Crippen LogP contribution in [0, 0.1) is 0 Å². The number of aliphatic hydroxyl groups excluding tert-OH is 8. The molecule has 12 atom stereocenters. The Hall–Kier alpha value is -2.57. The smallest absolute Gasteiger partial charge is 0.220 e. The highest BCUT2D eigenvalue weighted by atomic mass is 16.7. The number of carbonyl (C=O) groups is 1. The number of amides is 1. The predicted octanol–water partition coefficient (Wildman–Crippen LogP) is 10.3. The van der Waals surface area contributed by atoms with Gasteiger partial charge < -0.3 is 65.1 Å². The highest BCUT2D eigenvalue weighted by molar-refractivity contribution is 5.76. The third-order valence-electron chi connectivity index (χ3n) is 14.4. The van der Waals surface area contributed by atoms with E-state index in [0.717, 1.165) is 57.8 Å². The zero-order valence-corrected chi connectivity index (χ0v) is 47.2. The maximum Gasteiger partial charge on any atom is 0.220 e. The van der Waals surface area contributed by atoms with Gasteiger partial charge in [-0.3, -0.25) is 4.79 Å². The fourth-order valence-corrected chi connectivity index (χ4v) is 9.53. The van der Waals surface area contributed by atoms with Gasteiger partial charge in [-0.05, 0) is 70.6 Å². The van der Waals surface area contributed by atoms with Crippen LogP contribution in [0.25, 0.3) is 0 Å². The van der Waals surface area contributed by atoms with E-state index in [2.05, 4.69) is 79.9 Å². The molecule has 2 saturated heterocycles. The molecule has 12 unspecified atom stereocenters. The van der Waals surface area contributed by atoms with Crippen molar-refractivity contribution in [2.75, 3.05) is 19.8 Å². The lowest BCUT2D eigenvalue weighted by molar-refractivity contribution is -0.359. The van der Waals surface area contributed by atoms with Crippen LogP contribution in [0.1, 0.15) is 219 Å². The Balaban J connectivity index is 1.65. The monoisotopic (exact) mass is 1080 g/mol. The van der Waals surface area contributed by atoms with Crippen LogP contribution in [0.2, 0.25) is 0 Å². The molecule has 2 aliphatic rings. The average molecular weight is 1080 g/mol. The Morgan fingerprint density at radius 2 is 0.921 bits per heavy atom. The third kappa shape index (κ3) is 32.5. The molecule has 0 spiro atoms. The summed E-state index contributed by atoms with van der Waals surface area (Å²) in [6, 6.07) is -0.931. The summed E-state index contributed by atoms with van der Waals surface area (Å²) in [5.41, 5.74) is 0.